The van der Waals surface area contributed by atoms with Gasteiger partial charge in [0.15, 0.2) is 0 Å². The highest BCUT2D eigenvalue weighted by Gasteiger charge is 2.38. The summed E-state index contributed by atoms with van der Waals surface area (Å²) in [5.41, 5.74) is 0. The van der Waals surface area contributed by atoms with Gasteiger partial charge in [-0.2, -0.15) is 0 Å². The summed E-state index contributed by atoms with van der Waals surface area (Å²) in [6.07, 6.45) is 1.95. The fourth-order valence-corrected chi connectivity index (χ4v) is 2.04. The second kappa shape index (κ2) is 2.19. The van der Waals surface area contributed by atoms with Gasteiger partial charge < -0.3 is 15.5 Å². The summed E-state index contributed by atoms with van der Waals surface area (Å²) >= 11 is 0. The highest BCUT2D eigenvalue weighted by molar-refractivity contribution is 4.97. The normalized spacial score (nSPS) is 53.4. The van der Waals surface area contributed by atoms with Gasteiger partial charge in [0, 0.05) is 12.1 Å². The molecular weight excluding hydrogens is 130 g/mol. The maximum atomic E-state index is 9.34. The average molecular weight is 143 g/mol. The average Bonchev–Trinajstić information content (AvgIpc) is 2.07. The molecule has 3 heteroatoms. The molecule has 0 radical (unpaired) electrons. The minimum atomic E-state index is -0.220. The van der Waals surface area contributed by atoms with Crippen LogP contribution in [0.3, 0.4) is 0 Å². The monoisotopic (exact) mass is 143 g/mol. The van der Waals surface area contributed by atoms with Crippen LogP contribution in [-0.4, -0.2) is 34.5 Å². The number of hydrogen-bond donors (Lipinski definition) is 3. The van der Waals surface area contributed by atoms with Gasteiger partial charge >= 0.3 is 0 Å². The van der Waals surface area contributed by atoms with Crippen molar-refractivity contribution in [3.8, 4) is 0 Å². The molecule has 2 aliphatic heterocycles. The molecule has 0 aromatic rings. The molecule has 2 heterocycles. The van der Waals surface area contributed by atoms with Gasteiger partial charge in [-0.1, -0.05) is 0 Å². The number of aliphatic hydroxyl groups excluding tert-OH is 2. The fourth-order valence-electron chi connectivity index (χ4n) is 2.04. The van der Waals surface area contributed by atoms with Gasteiger partial charge in [-0.05, 0) is 19.3 Å². The van der Waals surface area contributed by atoms with Crippen LogP contribution in [0.2, 0.25) is 0 Å². The Hall–Kier alpha value is -0.120. The molecule has 0 aromatic carbocycles. The Kier molecular flexibility index (Phi) is 1.44. The molecule has 58 valence electrons. The van der Waals surface area contributed by atoms with Crippen LogP contribution < -0.4 is 5.32 Å². The topological polar surface area (TPSA) is 52.5 Å². The molecule has 4 atom stereocenters. The molecule has 0 amide bonds. The molecule has 0 unspecified atom stereocenters. The predicted octanol–water partition coefficient (Wildman–Crippen LogP) is -0.768. The molecule has 0 aliphatic carbocycles. The number of nitrogens with one attached hydrogen (secondary N) is 1. The second-order valence-electron chi connectivity index (χ2n) is 3.40. The first-order valence-corrected chi connectivity index (χ1v) is 3.88. The third-order valence-corrected chi connectivity index (χ3v) is 2.52. The minimum Gasteiger partial charge on any atom is -0.393 e. The van der Waals surface area contributed by atoms with E-state index in [2.05, 4.69) is 5.32 Å². The molecule has 2 aliphatic rings. The van der Waals surface area contributed by atoms with E-state index in [1.807, 2.05) is 0 Å². The first-order valence-electron chi connectivity index (χ1n) is 3.88. The third kappa shape index (κ3) is 0.944. The molecule has 3 N–H and O–H groups in total. The molecule has 10 heavy (non-hydrogen) atoms. The van der Waals surface area contributed by atoms with Crippen molar-refractivity contribution in [2.45, 2.75) is 43.6 Å². The van der Waals surface area contributed by atoms with Crippen molar-refractivity contribution in [1.29, 1.82) is 0 Å². The number of rotatable bonds is 0. The number of aliphatic hydroxyl groups is 2. The SMILES string of the molecule is O[C@@H]1C[C@H]2C[C@H](O)[C@@H](C1)N2. The van der Waals surface area contributed by atoms with Crippen molar-refractivity contribution >= 4 is 0 Å². The van der Waals surface area contributed by atoms with E-state index < -0.39 is 0 Å². The molecule has 2 saturated heterocycles. The number of hydrogen-bond acceptors (Lipinski definition) is 3. The second-order valence-corrected chi connectivity index (χ2v) is 3.40. The Morgan fingerprint density at radius 1 is 1.10 bits per heavy atom. The Morgan fingerprint density at radius 3 is 2.60 bits per heavy atom. The van der Waals surface area contributed by atoms with Crippen molar-refractivity contribution in [2.75, 3.05) is 0 Å². The largest absolute Gasteiger partial charge is 0.393 e. The van der Waals surface area contributed by atoms with Crippen LogP contribution >= 0.6 is 0 Å². The highest BCUT2D eigenvalue weighted by Crippen LogP contribution is 2.26. The van der Waals surface area contributed by atoms with Crippen molar-refractivity contribution in [2.24, 2.45) is 0 Å². The van der Waals surface area contributed by atoms with Gasteiger partial charge in [0.05, 0.1) is 12.2 Å². The van der Waals surface area contributed by atoms with Gasteiger partial charge in [-0.25, -0.2) is 0 Å². The summed E-state index contributed by atoms with van der Waals surface area (Å²) in [5, 5.41) is 21.9. The van der Waals surface area contributed by atoms with E-state index in [0.717, 1.165) is 19.3 Å². The van der Waals surface area contributed by atoms with Crippen LogP contribution in [0.5, 0.6) is 0 Å². The van der Waals surface area contributed by atoms with Gasteiger partial charge in [0.1, 0.15) is 0 Å². The minimum absolute atomic E-state index is 0.161. The lowest BCUT2D eigenvalue weighted by molar-refractivity contribution is 0.0918. The molecule has 2 rings (SSSR count). The van der Waals surface area contributed by atoms with E-state index in [1.165, 1.54) is 0 Å². The van der Waals surface area contributed by atoms with Crippen LogP contribution in [0.1, 0.15) is 19.3 Å². The lowest BCUT2D eigenvalue weighted by Crippen LogP contribution is -2.42. The Labute approximate surface area is 60.1 Å². The summed E-state index contributed by atoms with van der Waals surface area (Å²) in [6, 6.07) is 0.525. The molecule has 3 nitrogen and oxygen atoms in total. The molecule has 0 aromatic heterocycles. The molecular formula is C7H13NO2. The van der Waals surface area contributed by atoms with E-state index >= 15 is 0 Å². The van der Waals surface area contributed by atoms with Crippen LogP contribution in [0.25, 0.3) is 0 Å². The van der Waals surface area contributed by atoms with Crippen LogP contribution in [0, 0.1) is 0 Å². The quantitative estimate of drug-likeness (QED) is 0.417. The summed E-state index contributed by atoms with van der Waals surface area (Å²) in [4.78, 5) is 0. The van der Waals surface area contributed by atoms with Crippen LogP contribution in [0.15, 0.2) is 0 Å². The van der Waals surface area contributed by atoms with E-state index in [0.29, 0.717) is 6.04 Å². The summed E-state index contributed by atoms with van der Waals surface area (Å²) < 4.78 is 0. The first kappa shape index (κ1) is 6.58. The van der Waals surface area contributed by atoms with Crippen molar-refractivity contribution in [3.63, 3.8) is 0 Å². The molecule has 2 bridgehead atoms. The smallest absolute Gasteiger partial charge is 0.0709 e. The zero-order valence-corrected chi connectivity index (χ0v) is 5.83. The zero-order valence-electron chi connectivity index (χ0n) is 5.83. The van der Waals surface area contributed by atoms with E-state index in [9.17, 15) is 10.2 Å². The zero-order chi connectivity index (χ0) is 7.14. The standard InChI is InChI=1S/C7H13NO2/c9-5-1-4-2-7(10)6(3-5)8-4/h4-10H,1-3H2/t4-,5+,6+,7-/m0/s1. The summed E-state index contributed by atoms with van der Waals surface area (Å²) in [6.45, 7) is 0. The Balaban J connectivity index is 2.06. The van der Waals surface area contributed by atoms with E-state index in [1.54, 1.807) is 0 Å². The third-order valence-electron chi connectivity index (χ3n) is 2.52. The predicted molar refractivity (Wildman–Crippen MR) is 36.6 cm³/mol. The molecule has 0 spiro atoms. The fraction of sp³-hybridized carbons (Fsp3) is 1.00. The Bertz CT molecular complexity index is 135. The lowest BCUT2D eigenvalue weighted by Gasteiger charge is -2.25. The van der Waals surface area contributed by atoms with Crippen molar-refractivity contribution < 1.29 is 10.2 Å². The van der Waals surface area contributed by atoms with Crippen molar-refractivity contribution in [3.05, 3.63) is 0 Å². The van der Waals surface area contributed by atoms with Gasteiger partial charge in [-0.3, -0.25) is 0 Å². The van der Waals surface area contributed by atoms with Gasteiger partial charge in [0.25, 0.3) is 0 Å². The summed E-state index contributed by atoms with van der Waals surface area (Å²) in [5.74, 6) is 0. The van der Waals surface area contributed by atoms with Gasteiger partial charge in [-0.15, -0.1) is 0 Å². The number of fused-ring (bicyclic) bond motifs is 2. The summed E-state index contributed by atoms with van der Waals surface area (Å²) in [7, 11) is 0. The van der Waals surface area contributed by atoms with Gasteiger partial charge in [0.2, 0.25) is 0 Å². The van der Waals surface area contributed by atoms with E-state index in [-0.39, 0.29) is 18.2 Å². The van der Waals surface area contributed by atoms with Crippen molar-refractivity contribution in [1.82, 2.24) is 5.32 Å². The van der Waals surface area contributed by atoms with Crippen LogP contribution in [0.4, 0.5) is 0 Å². The lowest BCUT2D eigenvalue weighted by atomic mass is 10.0. The van der Waals surface area contributed by atoms with E-state index in [4.69, 9.17) is 0 Å². The first-order chi connectivity index (χ1) is 4.75. The maximum Gasteiger partial charge on any atom is 0.0709 e. The maximum absolute atomic E-state index is 9.34. The molecule has 2 fully saturated rings. The highest BCUT2D eigenvalue weighted by atomic mass is 16.3. The molecule has 0 saturated carbocycles. The van der Waals surface area contributed by atoms with Crippen LogP contribution in [-0.2, 0) is 0 Å². The number of piperidine rings is 1. The Morgan fingerprint density at radius 2 is 1.90 bits per heavy atom.